The van der Waals surface area contributed by atoms with Gasteiger partial charge in [0.15, 0.2) is 11.5 Å². The third kappa shape index (κ3) is 4.52. The minimum absolute atomic E-state index is 0.0301. The molecule has 0 bridgehead atoms. The summed E-state index contributed by atoms with van der Waals surface area (Å²) in [5, 5.41) is 34.5. The second-order valence-electron chi connectivity index (χ2n) is 2.19. The van der Waals surface area contributed by atoms with Crippen LogP contribution in [0, 0.1) is 6.92 Å². The Morgan fingerprint density at radius 3 is 2.08 bits per heavy atom. The molecule has 0 aliphatic heterocycles. The standard InChI is InChI=1S/C7H8O2.CH2O3/c1-5-3-2-4-6(8)7(5)9;2-1(3)4/h2-4,8-9H,1H3;(H2,2,3,4)/p-2. The average Bonchev–Trinajstić information content (AvgIpc) is 1.99. The molecule has 0 saturated heterocycles. The molecule has 1 rings (SSSR count). The smallest absolute Gasteiger partial charge is 0.160 e. The summed E-state index contributed by atoms with van der Waals surface area (Å²) in [6.45, 7) is 1.73. The molecule has 0 aromatic heterocycles. The molecule has 13 heavy (non-hydrogen) atoms. The molecule has 72 valence electrons. The van der Waals surface area contributed by atoms with E-state index >= 15 is 0 Å². The monoisotopic (exact) mass is 184 g/mol. The van der Waals surface area contributed by atoms with Gasteiger partial charge in [0.2, 0.25) is 0 Å². The van der Waals surface area contributed by atoms with Gasteiger partial charge in [-0.25, -0.2) is 0 Å². The summed E-state index contributed by atoms with van der Waals surface area (Å²) in [6, 6.07) is 4.86. The van der Waals surface area contributed by atoms with Crippen LogP contribution in [0.5, 0.6) is 11.5 Å². The number of carbonyl (C=O) groups excluding carboxylic acids is 1. The number of carbonyl (C=O) groups is 1. The highest BCUT2D eigenvalue weighted by Crippen LogP contribution is 2.26. The van der Waals surface area contributed by atoms with E-state index in [9.17, 15) is 0 Å². The van der Waals surface area contributed by atoms with Crippen LogP contribution in [0.2, 0.25) is 0 Å². The molecule has 0 aliphatic carbocycles. The van der Waals surface area contributed by atoms with Crippen LogP contribution in [0.3, 0.4) is 0 Å². The van der Waals surface area contributed by atoms with Gasteiger partial charge >= 0.3 is 0 Å². The second-order valence-corrected chi connectivity index (χ2v) is 2.19. The summed E-state index contributed by atoms with van der Waals surface area (Å²) < 4.78 is 0. The van der Waals surface area contributed by atoms with Crippen LogP contribution >= 0.6 is 0 Å². The Bertz CT molecular complexity index is 270. The largest absolute Gasteiger partial charge is 0.652 e. The normalized spacial score (nSPS) is 8.38. The van der Waals surface area contributed by atoms with E-state index in [0.717, 1.165) is 0 Å². The molecule has 0 atom stereocenters. The maximum atomic E-state index is 8.96. The minimum atomic E-state index is -2.33. The molecular formula is C8H8O5-2. The molecule has 0 amide bonds. The predicted molar refractivity (Wildman–Crippen MR) is 39.9 cm³/mol. The highest BCUT2D eigenvalue weighted by molar-refractivity contribution is 5.47. The number of rotatable bonds is 0. The molecule has 5 nitrogen and oxygen atoms in total. The Balaban J connectivity index is 0.000000310. The van der Waals surface area contributed by atoms with Crippen LogP contribution in [0.25, 0.3) is 0 Å². The number of phenols is 2. The number of hydrogen-bond donors (Lipinski definition) is 2. The van der Waals surface area contributed by atoms with E-state index in [4.69, 9.17) is 25.2 Å². The summed E-state index contributed by atoms with van der Waals surface area (Å²) in [4.78, 5) is 8.33. The summed E-state index contributed by atoms with van der Waals surface area (Å²) in [5.41, 5.74) is 0.690. The van der Waals surface area contributed by atoms with Crippen molar-refractivity contribution in [3.05, 3.63) is 23.8 Å². The van der Waals surface area contributed by atoms with E-state index in [1.807, 2.05) is 0 Å². The van der Waals surface area contributed by atoms with Gasteiger partial charge in [-0.05, 0) is 24.7 Å². The Hall–Kier alpha value is -1.91. The lowest BCUT2D eigenvalue weighted by molar-refractivity contribution is -0.415. The van der Waals surface area contributed by atoms with Crippen molar-refractivity contribution in [3.63, 3.8) is 0 Å². The summed E-state index contributed by atoms with van der Waals surface area (Å²) >= 11 is 0. The fourth-order valence-electron chi connectivity index (χ4n) is 0.643. The summed E-state index contributed by atoms with van der Waals surface area (Å²) in [7, 11) is 0. The average molecular weight is 184 g/mol. The number of aryl methyl sites for hydroxylation is 1. The summed E-state index contributed by atoms with van der Waals surface area (Å²) in [6.07, 6.45) is -2.33. The van der Waals surface area contributed by atoms with Crippen LogP contribution in [0.1, 0.15) is 5.56 Å². The quantitative estimate of drug-likeness (QED) is 0.501. The zero-order valence-corrected chi connectivity index (χ0v) is 6.85. The maximum absolute atomic E-state index is 8.96. The van der Waals surface area contributed by atoms with Gasteiger partial charge in [-0.1, -0.05) is 12.1 Å². The first kappa shape index (κ1) is 11.1. The lowest BCUT2D eigenvalue weighted by Gasteiger charge is -1.97. The molecule has 0 saturated carbocycles. The van der Waals surface area contributed by atoms with Crippen molar-refractivity contribution in [2.45, 2.75) is 6.92 Å². The van der Waals surface area contributed by atoms with E-state index in [1.165, 1.54) is 6.07 Å². The molecule has 0 radical (unpaired) electrons. The van der Waals surface area contributed by atoms with Gasteiger partial charge in [-0.2, -0.15) is 0 Å². The number of aromatic hydroxyl groups is 2. The molecule has 1 aromatic rings. The molecule has 0 aliphatic rings. The van der Waals surface area contributed by atoms with Crippen molar-refractivity contribution in [1.82, 2.24) is 0 Å². The number of para-hydroxylation sites is 1. The first-order valence-electron chi connectivity index (χ1n) is 3.30. The van der Waals surface area contributed by atoms with Crippen LogP contribution in [-0.4, -0.2) is 16.4 Å². The predicted octanol–water partition coefficient (Wildman–Crippen LogP) is -1.04. The highest BCUT2D eigenvalue weighted by Gasteiger charge is 1.98. The van der Waals surface area contributed by atoms with Gasteiger partial charge in [-0.15, -0.1) is 0 Å². The SMILES string of the molecule is Cc1cccc(O)c1O.O=C([O-])[O-]. The Labute approximate surface area is 74.5 Å². The fourth-order valence-corrected chi connectivity index (χ4v) is 0.643. The van der Waals surface area contributed by atoms with E-state index in [-0.39, 0.29) is 11.5 Å². The van der Waals surface area contributed by atoms with Gasteiger partial charge in [0, 0.05) is 0 Å². The van der Waals surface area contributed by atoms with Crippen LogP contribution in [0.4, 0.5) is 4.79 Å². The minimum Gasteiger partial charge on any atom is -0.652 e. The molecule has 0 unspecified atom stereocenters. The van der Waals surface area contributed by atoms with Crippen molar-refractivity contribution < 1.29 is 25.2 Å². The third-order valence-corrected chi connectivity index (χ3v) is 1.22. The zero-order chi connectivity index (χ0) is 10.4. The third-order valence-electron chi connectivity index (χ3n) is 1.22. The van der Waals surface area contributed by atoms with E-state index in [2.05, 4.69) is 0 Å². The van der Waals surface area contributed by atoms with Gasteiger partial charge in [-0.3, -0.25) is 0 Å². The number of carboxylic acid groups (broad SMARTS) is 2. The number of benzene rings is 1. The number of hydrogen-bond acceptors (Lipinski definition) is 5. The lowest BCUT2D eigenvalue weighted by atomic mass is 10.2. The van der Waals surface area contributed by atoms with Crippen LogP contribution < -0.4 is 10.2 Å². The molecule has 0 spiro atoms. The second kappa shape index (κ2) is 4.87. The van der Waals surface area contributed by atoms with Crippen molar-refractivity contribution in [1.29, 1.82) is 0 Å². The fraction of sp³-hybridized carbons (Fsp3) is 0.125. The van der Waals surface area contributed by atoms with E-state index in [1.54, 1.807) is 19.1 Å². The van der Waals surface area contributed by atoms with Crippen molar-refractivity contribution in [2.24, 2.45) is 0 Å². The molecule has 2 N–H and O–H groups in total. The molecule has 5 heteroatoms. The first-order chi connectivity index (χ1) is 5.95. The Kier molecular flexibility index (Phi) is 4.15. The molecular weight excluding hydrogens is 176 g/mol. The van der Waals surface area contributed by atoms with Crippen LogP contribution in [0.15, 0.2) is 18.2 Å². The lowest BCUT2D eigenvalue weighted by Crippen LogP contribution is -2.37. The van der Waals surface area contributed by atoms with Crippen LogP contribution in [-0.2, 0) is 0 Å². The molecule has 0 fully saturated rings. The Morgan fingerprint density at radius 2 is 1.77 bits per heavy atom. The van der Waals surface area contributed by atoms with Gasteiger partial charge < -0.3 is 25.2 Å². The maximum Gasteiger partial charge on any atom is 0.160 e. The molecule has 0 heterocycles. The zero-order valence-electron chi connectivity index (χ0n) is 6.85. The van der Waals surface area contributed by atoms with E-state index < -0.39 is 6.16 Å². The van der Waals surface area contributed by atoms with Crippen molar-refractivity contribution >= 4 is 6.16 Å². The first-order valence-corrected chi connectivity index (χ1v) is 3.30. The number of phenolic OH excluding ortho intramolecular Hbond substituents is 2. The van der Waals surface area contributed by atoms with Gasteiger partial charge in [0.05, 0.1) is 0 Å². The topological polar surface area (TPSA) is 104 Å². The van der Waals surface area contributed by atoms with E-state index in [0.29, 0.717) is 5.56 Å². The summed E-state index contributed by atoms with van der Waals surface area (Å²) in [5.74, 6) is -0.0903. The Morgan fingerprint density at radius 1 is 1.31 bits per heavy atom. The molecule has 1 aromatic carbocycles. The highest BCUT2D eigenvalue weighted by atomic mass is 16.6. The van der Waals surface area contributed by atoms with Gasteiger partial charge in [0.1, 0.15) is 0 Å². The van der Waals surface area contributed by atoms with Crippen molar-refractivity contribution in [2.75, 3.05) is 0 Å². The van der Waals surface area contributed by atoms with Crippen molar-refractivity contribution in [3.8, 4) is 11.5 Å². The van der Waals surface area contributed by atoms with Gasteiger partial charge in [0.25, 0.3) is 0 Å².